The summed E-state index contributed by atoms with van der Waals surface area (Å²) in [4.78, 5) is 0. The summed E-state index contributed by atoms with van der Waals surface area (Å²) in [5.74, 6) is 0. The Hall–Kier alpha value is -0.210. The molecule has 0 aromatic heterocycles. The van der Waals surface area contributed by atoms with Gasteiger partial charge in [-0.3, -0.25) is 0 Å². The predicted octanol–water partition coefficient (Wildman–Crippen LogP) is -1.63. The van der Waals surface area contributed by atoms with Crippen LogP contribution in [0.25, 0.3) is 0 Å². The molecule has 2 heterocycles. The van der Waals surface area contributed by atoms with E-state index in [9.17, 15) is 8.42 Å². The van der Waals surface area contributed by atoms with Crippen molar-refractivity contribution in [1.29, 1.82) is 0 Å². The third-order valence-corrected chi connectivity index (χ3v) is 5.40. The summed E-state index contributed by atoms with van der Waals surface area (Å²) in [6, 6.07) is 0. The molecule has 2 saturated heterocycles. The number of nitrogens with zero attached hydrogens (tertiary/aromatic N) is 1. The van der Waals surface area contributed by atoms with Gasteiger partial charge in [-0.25, -0.2) is 8.42 Å². The molecule has 0 saturated carbocycles. The first kappa shape index (κ1) is 12.3. The first-order valence-electron chi connectivity index (χ1n) is 5.56. The van der Waals surface area contributed by atoms with Gasteiger partial charge in [-0.05, 0) is 13.0 Å². The molecular formula is C9H18N2O4S. The average Bonchev–Trinajstić information content (AvgIpc) is 2.83. The van der Waals surface area contributed by atoms with Crippen molar-refractivity contribution < 1.29 is 18.3 Å². The molecule has 0 aromatic rings. The maximum atomic E-state index is 12.2. The molecule has 0 radical (unpaired) electrons. The third kappa shape index (κ3) is 2.38. The molecule has 2 atom stereocenters. The van der Waals surface area contributed by atoms with Crippen LogP contribution in [-0.4, -0.2) is 68.6 Å². The summed E-state index contributed by atoms with van der Waals surface area (Å²) in [5.41, 5.74) is 0. The Bertz CT molecular complexity index is 326. The molecule has 2 rings (SSSR count). The van der Waals surface area contributed by atoms with Crippen LogP contribution in [-0.2, 0) is 14.8 Å². The second-order valence-corrected chi connectivity index (χ2v) is 6.41. The first-order valence-corrected chi connectivity index (χ1v) is 7.07. The predicted molar refractivity (Wildman–Crippen MR) is 58.6 cm³/mol. The topological polar surface area (TPSA) is 78.9 Å². The minimum absolute atomic E-state index is 0.130. The van der Waals surface area contributed by atoms with Gasteiger partial charge < -0.3 is 15.2 Å². The molecule has 2 aliphatic rings. The van der Waals surface area contributed by atoms with Crippen LogP contribution in [0.5, 0.6) is 0 Å². The summed E-state index contributed by atoms with van der Waals surface area (Å²) in [6.07, 6.45) is 0.293. The fourth-order valence-corrected chi connectivity index (χ4v) is 4.00. The van der Waals surface area contributed by atoms with Crippen molar-refractivity contribution in [3.63, 3.8) is 0 Å². The number of hydrogen-bond acceptors (Lipinski definition) is 5. The zero-order valence-corrected chi connectivity index (χ0v) is 9.95. The number of morpholine rings is 1. The second kappa shape index (κ2) is 4.97. The maximum Gasteiger partial charge on any atom is 0.218 e. The van der Waals surface area contributed by atoms with E-state index in [2.05, 4.69) is 5.32 Å². The van der Waals surface area contributed by atoms with Gasteiger partial charge in [0, 0.05) is 19.6 Å². The van der Waals surface area contributed by atoms with Crippen molar-refractivity contribution in [2.45, 2.75) is 17.8 Å². The van der Waals surface area contributed by atoms with E-state index < -0.39 is 10.0 Å². The van der Waals surface area contributed by atoms with Crippen molar-refractivity contribution in [2.24, 2.45) is 0 Å². The summed E-state index contributed by atoms with van der Waals surface area (Å²) in [6.45, 7) is 2.20. The lowest BCUT2D eigenvalue weighted by molar-refractivity contribution is -0.0306. The Kier molecular flexibility index (Phi) is 3.81. The van der Waals surface area contributed by atoms with E-state index in [1.165, 1.54) is 4.31 Å². The van der Waals surface area contributed by atoms with Crippen LogP contribution in [0.1, 0.15) is 6.42 Å². The number of hydrogen-bond donors (Lipinski definition) is 2. The maximum absolute atomic E-state index is 12.2. The highest BCUT2D eigenvalue weighted by Gasteiger charge is 2.36. The molecule has 0 aliphatic carbocycles. The summed E-state index contributed by atoms with van der Waals surface area (Å²) >= 11 is 0. The molecular weight excluding hydrogens is 232 g/mol. The molecule has 2 aliphatic heterocycles. The number of sulfonamides is 1. The van der Waals surface area contributed by atoms with Crippen LogP contribution in [0, 0.1) is 0 Å². The average molecular weight is 250 g/mol. The molecule has 2 N–H and O–H groups in total. The fraction of sp³-hybridized carbons (Fsp3) is 1.00. The van der Waals surface area contributed by atoms with Gasteiger partial charge in [0.25, 0.3) is 0 Å². The SMILES string of the molecule is O=S(=O)(C1CCNC1)N1CCOC(CO)C1. The Balaban J connectivity index is 2.04. The van der Waals surface area contributed by atoms with E-state index in [0.29, 0.717) is 26.1 Å². The third-order valence-electron chi connectivity index (χ3n) is 3.10. The Labute approximate surface area is 95.6 Å². The van der Waals surface area contributed by atoms with E-state index in [-0.39, 0.29) is 24.5 Å². The molecule has 6 nitrogen and oxygen atoms in total. The minimum Gasteiger partial charge on any atom is -0.394 e. The van der Waals surface area contributed by atoms with Crippen LogP contribution in [0.4, 0.5) is 0 Å². The largest absolute Gasteiger partial charge is 0.394 e. The zero-order chi connectivity index (χ0) is 11.6. The van der Waals surface area contributed by atoms with Crippen LogP contribution in [0.3, 0.4) is 0 Å². The van der Waals surface area contributed by atoms with Crippen LogP contribution < -0.4 is 5.32 Å². The second-order valence-electron chi connectivity index (χ2n) is 4.19. The molecule has 0 spiro atoms. The molecule has 2 fully saturated rings. The molecule has 7 heteroatoms. The minimum atomic E-state index is -3.23. The normalized spacial score (nSPS) is 33.1. The number of rotatable bonds is 3. The quantitative estimate of drug-likeness (QED) is 0.629. The molecule has 16 heavy (non-hydrogen) atoms. The van der Waals surface area contributed by atoms with Gasteiger partial charge in [0.05, 0.1) is 24.6 Å². The van der Waals surface area contributed by atoms with Gasteiger partial charge >= 0.3 is 0 Å². The highest BCUT2D eigenvalue weighted by Crippen LogP contribution is 2.18. The van der Waals surface area contributed by atoms with Gasteiger partial charge in [0.1, 0.15) is 0 Å². The molecule has 2 unspecified atom stereocenters. The van der Waals surface area contributed by atoms with Crippen molar-refractivity contribution >= 4 is 10.0 Å². The Morgan fingerprint density at radius 3 is 2.94 bits per heavy atom. The molecule has 0 bridgehead atoms. The molecule has 0 aromatic carbocycles. The zero-order valence-electron chi connectivity index (χ0n) is 9.13. The number of nitrogens with one attached hydrogen (secondary N) is 1. The van der Waals surface area contributed by atoms with Crippen molar-refractivity contribution in [2.75, 3.05) is 39.4 Å². The first-order chi connectivity index (χ1) is 7.64. The van der Waals surface area contributed by atoms with E-state index in [1.54, 1.807) is 0 Å². The van der Waals surface area contributed by atoms with Gasteiger partial charge in [0.15, 0.2) is 0 Å². The monoisotopic (exact) mass is 250 g/mol. The van der Waals surface area contributed by atoms with Gasteiger partial charge in [-0.1, -0.05) is 0 Å². The van der Waals surface area contributed by atoms with Gasteiger partial charge in [0.2, 0.25) is 10.0 Å². The molecule has 94 valence electrons. The fourth-order valence-electron chi connectivity index (χ4n) is 2.13. The van der Waals surface area contributed by atoms with Crippen molar-refractivity contribution in [3.8, 4) is 0 Å². The summed E-state index contributed by atoms with van der Waals surface area (Å²) < 4.78 is 31.1. The van der Waals surface area contributed by atoms with E-state index >= 15 is 0 Å². The van der Waals surface area contributed by atoms with Crippen LogP contribution >= 0.6 is 0 Å². The van der Waals surface area contributed by atoms with Crippen molar-refractivity contribution in [1.82, 2.24) is 9.62 Å². The van der Waals surface area contributed by atoms with E-state index in [0.717, 1.165) is 6.54 Å². The highest BCUT2D eigenvalue weighted by molar-refractivity contribution is 7.89. The summed E-state index contributed by atoms with van der Waals surface area (Å²) in [5, 5.41) is 11.7. The standard InChI is InChI=1S/C9H18N2O4S/c12-7-8-6-11(3-4-15-8)16(13,14)9-1-2-10-5-9/h8-10,12H,1-7H2. The van der Waals surface area contributed by atoms with Gasteiger partial charge in [-0.2, -0.15) is 4.31 Å². The van der Waals surface area contributed by atoms with Crippen LogP contribution in [0.2, 0.25) is 0 Å². The number of aliphatic hydroxyl groups is 1. The lowest BCUT2D eigenvalue weighted by Crippen LogP contribution is -2.50. The Morgan fingerprint density at radius 1 is 1.50 bits per heavy atom. The number of aliphatic hydroxyl groups excluding tert-OH is 1. The lowest BCUT2D eigenvalue weighted by Gasteiger charge is -2.32. The van der Waals surface area contributed by atoms with Crippen LogP contribution in [0.15, 0.2) is 0 Å². The summed E-state index contributed by atoms with van der Waals surface area (Å²) in [7, 11) is -3.23. The van der Waals surface area contributed by atoms with E-state index in [1.807, 2.05) is 0 Å². The van der Waals surface area contributed by atoms with E-state index in [4.69, 9.17) is 9.84 Å². The molecule has 0 amide bonds. The smallest absolute Gasteiger partial charge is 0.218 e. The lowest BCUT2D eigenvalue weighted by atomic mass is 10.3. The highest BCUT2D eigenvalue weighted by atomic mass is 32.2. The Morgan fingerprint density at radius 2 is 2.31 bits per heavy atom. The van der Waals surface area contributed by atoms with Crippen molar-refractivity contribution in [3.05, 3.63) is 0 Å². The number of ether oxygens (including phenoxy) is 1. The van der Waals surface area contributed by atoms with Gasteiger partial charge in [-0.15, -0.1) is 0 Å².